The van der Waals surface area contributed by atoms with Crippen LogP contribution in [0.4, 0.5) is 0 Å². The number of likely N-dealkylation sites (tertiary alicyclic amines) is 1. The molecule has 6 nitrogen and oxygen atoms in total. The Bertz CT molecular complexity index is 990. The zero-order chi connectivity index (χ0) is 20.9. The third-order valence-electron chi connectivity index (χ3n) is 5.15. The Labute approximate surface area is 179 Å². The predicted octanol–water partition coefficient (Wildman–Crippen LogP) is 4.44. The van der Waals surface area contributed by atoms with Gasteiger partial charge in [-0.15, -0.1) is 11.3 Å². The molecule has 3 aromatic rings. The van der Waals surface area contributed by atoms with Crippen molar-refractivity contribution in [1.29, 1.82) is 0 Å². The lowest BCUT2D eigenvalue weighted by molar-refractivity contribution is 0.0697. The first-order valence-corrected chi connectivity index (χ1v) is 10.9. The summed E-state index contributed by atoms with van der Waals surface area (Å²) in [7, 11) is 0. The molecule has 1 aliphatic heterocycles. The molecule has 1 N–H and O–H groups in total. The van der Waals surface area contributed by atoms with Crippen LogP contribution in [0.3, 0.4) is 0 Å². The van der Waals surface area contributed by atoms with Crippen LogP contribution in [0.1, 0.15) is 39.8 Å². The minimum atomic E-state index is -0.120. The molecule has 0 aliphatic carbocycles. The largest absolute Gasteiger partial charge is 0.492 e. The van der Waals surface area contributed by atoms with Crippen molar-refractivity contribution < 1.29 is 18.7 Å². The van der Waals surface area contributed by atoms with Gasteiger partial charge in [0.25, 0.3) is 11.8 Å². The molecule has 2 amide bonds. The summed E-state index contributed by atoms with van der Waals surface area (Å²) in [6.07, 6.45) is 4.40. The van der Waals surface area contributed by atoms with Gasteiger partial charge >= 0.3 is 0 Å². The van der Waals surface area contributed by atoms with E-state index in [1.165, 1.54) is 23.9 Å². The molecule has 0 bridgehead atoms. The molecule has 0 saturated carbocycles. The quantitative estimate of drug-likeness (QED) is 0.635. The topological polar surface area (TPSA) is 71.8 Å². The highest BCUT2D eigenvalue weighted by Crippen LogP contribution is 2.36. The number of nitrogens with zero attached hydrogens (tertiary/aromatic N) is 1. The molecule has 7 heteroatoms. The number of piperidine rings is 1. The molecule has 156 valence electrons. The van der Waals surface area contributed by atoms with Crippen LogP contribution in [0.2, 0.25) is 0 Å². The van der Waals surface area contributed by atoms with E-state index in [-0.39, 0.29) is 17.9 Å². The number of nitrogens with one attached hydrogen (secondary N) is 1. The van der Waals surface area contributed by atoms with Gasteiger partial charge in [0.1, 0.15) is 16.9 Å². The third-order valence-corrected chi connectivity index (χ3v) is 6.31. The molecule has 1 saturated heterocycles. The summed E-state index contributed by atoms with van der Waals surface area (Å²) in [6.45, 7) is 3.62. The number of ether oxygens (including phenoxy) is 1. The van der Waals surface area contributed by atoms with Gasteiger partial charge in [-0.2, -0.15) is 0 Å². The molecule has 1 fully saturated rings. The second-order valence-corrected chi connectivity index (χ2v) is 8.21. The highest BCUT2D eigenvalue weighted by molar-refractivity contribution is 7.17. The minimum Gasteiger partial charge on any atom is -0.492 e. The summed E-state index contributed by atoms with van der Waals surface area (Å²) < 4.78 is 10.7. The lowest BCUT2D eigenvalue weighted by Crippen LogP contribution is -2.46. The molecule has 30 heavy (non-hydrogen) atoms. The molecule has 1 aromatic carbocycles. The van der Waals surface area contributed by atoms with Crippen LogP contribution in [0.15, 0.2) is 59.4 Å². The van der Waals surface area contributed by atoms with E-state index in [1.54, 1.807) is 11.0 Å². The highest BCUT2D eigenvalue weighted by Gasteiger charge is 2.27. The van der Waals surface area contributed by atoms with E-state index in [0.29, 0.717) is 35.9 Å². The van der Waals surface area contributed by atoms with Gasteiger partial charge in [-0.3, -0.25) is 9.59 Å². The number of furan rings is 1. The van der Waals surface area contributed by atoms with Gasteiger partial charge in [-0.25, -0.2) is 0 Å². The Morgan fingerprint density at radius 1 is 1.20 bits per heavy atom. The van der Waals surface area contributed by atoms with Gasteiger partial charge in [0.15, 0.2) is 0 Å². The molecular weight excluding hydrogens is 400 g/mol. The van der Waals surface area contributed by atoms with Crippen molar-refractivity contribution in [3.63, 3.8) is 0 Å². The zero-order valence-corrected chi connectivity index (χ0v) is 17.6. The zero-order valence-electron chi connectivity index (χ0n) is 16.8. The van der Waals surface area contributed by atoms with Crippen molar-refractivity contribution in [2.45, 2.75) is 25.8 Å². The fourth-order valence-electron chi connectivity index (χ4n) is 3.59. The van der Waals surface area contributed by atoms with Crippen LogP contribution in [0, 0.1) is 0 Å². The maximum Gasteiger partial charge on any atom is 0.265 e. The number of hydrogen-bond donors (Lipinski definition) is 1. The summed E-state index contributed by atoms with van der Waals surface area (Å²) >= 11 is 1.44. The SMILES string of the molecule is CCOc1cc(-c2ccccc2)sc1C(=O)NC1CCN(C(=O)c2ccoc2)CC1. The van der Waals surface area contributed by atoms with E-state index < -0.39 is 0 Å². The van der Waals surface area contributed by atoms with E-state index in [0.717, 1.165) is 23.3 Å². The Morgan fingerprint density at radius 2 is 1.97 bits per heavy atom. The summed E-state index contributed by atoms with van der Waals surface area (Å²) in [5.41, 5.74) is 1.62. The van der Waals surface area contributed by atoms with Gasteiger partial charge in [-0.1, -0.05) is 30.3 Å². The van der Waals surface area contributed by atoms with Crippen LogP contribution in [0.25, 0.3) is 10.4 Å². The minimum absolute atomic E-state index is 0.0297. The maximum atomic E-state index is 13.0. The standard InChI is InChI=1S/C23H24N2O4S/c1-2-29-19-14-20(16-6-4-3-5-7-16)30-21(19)22(26)24-18-8-11-25(12-9-18)23(27)17-10-13-28-15-17/h3-7,10,13-15,18H,2,8-9,11-12H2,1H3,(H,24,26). The lowest BCUT2D eigenvalue weighted by Gasteiger charge is -2.32. The van der Waals surface area contributed by atoms with E-state index >= 15 is 0 Å². The number of benzene rings is 1. The molecule has 1 aliphatic rings. The first kappa shape index (κ1) is 20.2. The van der Waals surface area contributed by atoms with Crippen LogP contribution in [0.5, 0.6) is 5.75 Å². The number of thiophene rings is 1. The van der Waals surface area contributed by atoms with Crippen LogP contribution < -0.4 is 10.1 Å². The monoisotopic (exact) mass is 424 g/mol. The number of carbonyl (C=O) groups excluding carboxylic acids is 2. The summed E-state index contributed by atoms with van der Waals surface area (Å²) in [5, 5.41) is 3.13. The molecule has 0 spiro atoms. The van der Waals surface area contributed by atoms with E-state index in [4.69, 9.17) is 9.15 Å². The average molecular weight is 425 g/mol. The predicted molar refractivity (Wildman–Crippen MR) is 116 cm³/mol. The lowest BCUT2D eigenvalue weighted by atomic mass is 10.0. The first-order valence-electron chi connectivity index (χ1n) is 10.1. The fraction of sp³-hybridized carbons (Fsp3) is 0.304. The van der Waals surface area contributed by atoms with E-state index in [9.17, 15) is 9.59 Å². The van der Waals surface area contributed by atoms with Crippen molar-refractivity contribution in [1.82, 2.24) is 10.2 Å². The number of rotatable bonds is 6. The maximum absolute atomic E-state index is 13.0. The Balaban J connectivity index is 1.40. The van der Waals surface area contributed by atoms with Crippen LogP contribution >= 0.6 is 11.3 Å². The molecular formula is C23H24N2O4S. The summed E-state index contributed by atoms with van der Waals surface area (Å²) in [4.78, 5) is 28.8. The van der Waals surface area contributed by atoms with Crippen molar-refractivity contribution in [2.24, 2.45) is 0 Å². The number of hydrogen-bond acceptors (Lipinski definition) is 5. The first-order chi connectivity index (χ1) is 14.7. The van der Waals surface area contributed by atoms with Crippen LogP contribution in [-0.4, -0.2) is 42.5 Å². The van der Waals surface area contributed by atoms with Crippen molar-refractivity contribution >= 4 is 23.2 Å². The second-order valence-electron chi connectivity index (χ2n) is 7.16. The van der Waals surface area contributed by atoms with E-state index in [2.05, 4.69) is 5.32 Å². The molecule has 0 atom stereocenters. The second kappa shape index (κ2) is 9.17. The van der Waals surface area contributed by atoms with Gasteiger partial charge < -0.3 is 19.4 Å². The van der Waals surface area contributed by atoms with Crippen molar-refractivity contribution in [2.75, 3.05) is 19.7 Å². The van der Waals surface area contributed by atoms with Gasteiger partial charge in [0.2, 0.25) is 0 Å². The molecule has 2 aromatic heterocycles. The molecule has 3 heterocycles. The molecule has 4 rings (SSSR count). The third kappa shape index (κ3) is 4.41. The van der Waals surface area contributed by atoms with Gasteiger partial charge in [-0.05, 0) is 37.5 Å². The summed E-state index contributed by atoms with van der Waals surface area (Å²) in [6, 6.07) is 13.6. The smallest absolute Gasteiger partial charge is 0.265 e. The fourth-order valence-corrected chi connectivity index (χ4v) is 4.60. The van der Waals surface area contributed by atoms with E-state index in [1.807, 2.05) is 43.3 Å². The normalized spacial score (nSPS) is 14.5. The Kier molecular flexibility index (Phi) is 6.18. The molecule has 0 radical (unpaired) electrons. The number of amides is 2. The van der Waals surface area contributed by atoms with Gasteiger partial charge in [0.05, 0.1) is 18.4 Å². The Hall–Kier alpha value is -3.06. The van der Waals surface area contributed by atoms with Gasteiger partial charge in [0, 0.05) is 24.0 Å². The van der Waals surface area contributed by atoms with Crippen molar-refractivity contribution in [3.05, 3.63) is 65.4 Å². The van der Waals surface area contributed by atoms with Crippen LogP contribution in [-0.2, 0) is 0 Å². The van der Waals surface area contributed by atoms with Crippen molar-refractivity contribution in [3.8, 4) is 16.2 Å². The average Bonchev–Trinajstić information content (AvgIpc) is 3.45. The summed E-state index contributed by atoms with van der Waals surface area (Å²) in [5.74, 6) is 0.467. The Morgan fingerprint density at radius 3 is 2.63 bits per heavy atom. The number of carbonyl (C=O) groups is 2. The molecule has 0 unspecified atom stereocenters. The highest BCUT2D eigenvalue weighted by atomic mass is 32.1.